The molecule has 0 radical (unpaired) electrons. The second-order valence-electron chi connectivity index (χ2n) is 8.83. The number of carbonyl (C=O) groups is 1. The molecule has 2 aromatic carbocycles. The van der Waals surface area contributed by atoms with Gasteiger partial charge in [0.25, 0.3) is 5.91 Å². The minimum Gasteiger partial charge on any atom is -0.355 e. The van der Waals surface area contributed by atoms with Gasteiger partial charge in [-0.2, -0.15) is 0 Å². The molecule has 4 rings (SSSR count). The van der Waals surface area contributed by atoms with Gasteiger partial charge in [-0.15, -0.1) is 10.2 Å². The lowest BCUT2D eigenvalue weighted by Crippen LogP contribution is -2.19. The van der Waals surface area contributed by atoms with Crippen LogP contribution in [0.15, 0.2) is 60.7 Å². The molecule has 1 amide bonds. The van der Waals surface area contributed by atoms with Crippen molar-refractivity contribution in [2.24, 2.45) is 0 Å². The van der Waals surface area contributed by atoms with Gasteiger partial charge in [0.2, 0.25) is 0 Å². The summed E-state index contributed by atoms with van der Waals surface area (Å²) >= 11 is 0. The van der Waals surface area contributed by atoms with Crippen LogP contribution in [-0.2, 0) is 5.41 Å². The molecular weight excluding hydrogens is 372 g/mol. The summed E-state index contributed by atoms with van der Waals surface area (Å²) in [7, 11) is 0. The number of hydrogen-bond donors (Lipinski definition) is 1. The minimum absolute atomic E-state index is 0.0642. The molecule has 0 bridgehead atoms. The van der Waals surface area contributed by atoms with E-state index in [1.165, 1.54) is 18.4 Å². The van der Waals surface area contributed by atoms with Crippen LogP contribution in [-0.4, -0.2) is 29.2 Å². The Morgan fingerprint density at radius 1 is 0.933 bits per heavy atom. The van der Waals surface area contributed by atoms with Gasteiger partial charge in [-0.25, -0.2) is 0 Å². The second kappa shape index (κ2) is 8.27. The molecule has 0 aliphatic carbocycles. The predicted octanol–water partition coefficient (Wildman–Crippen LogP) is 5.29. The maximum absolute atomic E-state index is 12.7. The number of carbonyl (C=O) groups excluding carboxylic acids is 1. The molecule has 0 unspecified atom stereocenters. The zero-order chi connectivity index (χ0) is 21.1. The van der Waals surface area contributed by atoms with Crippen molar-refractivity contribution in [3.63, 3.8) is 0 Å². The summed E-state index contributed by atoms with van der Waals surface area (Å²) in [6, 6.07) is 19.5. The Hall–Kier alpha value is -3.21. The van der Waals surface area contributed by atoms with E-state index in [2.05, 4.69) is 41.2 Å². The lowest BCUT2D eigenvalue weighted by Gasteiger charge is -2.19. The largest absolute Gasteiger partial charge is 0.355 e. The van der Waals surface area contributed by atoms with Gasteiger partial charge in [-0.3, -0.25) is 4.79 Å². The second-order valence-corrected chi connectivity index (χ2v) is 8.83. The van der Waals surface area contributed by atoms with E-state index in [4.69, 9.17) is 0 Å². The fourth-order valence-electron chi connectivity index (χ4n) is 3.68. The summed E-state index contributed by atoms with van der Waals surface area (Å²) in [6.07, 6.45) is 2.42. The molecule has 0 spiro atoms. The zero-order valence-corrected chi connectivity index (χ0v) is 17.9. The molecule has 5 heteroatoms. The van der Waals surface area contributed by atoms with Crippen molar-refractivity contribution in [3.05, 3.63) is 71.8 Å². The van der Waals surface area contributed by atoms with Crippen molar-refractivity contribution in [3.8, 4) is 11.3 Å². The number of nitrogens with zero attached hydrogens (tertiary/aromatic N) is 3. The molecular formula is C25H28N4O. The molecule has 1 N–H and O–H groups in total. The van der Waals surface area contributed by atoms with Crippen molar-refractivity contribution >= 4 is 17.4 Å². The fourth-order valence-corrected chi connectivity index (χ4v) is 3.68. The minimum atomic E-state index is -0.122. The Morgan fingerprint density at radius 2 is 1.67 bits per heavy atom. The van der Waals surface area contributed by atoms with E-state index < -0.39 is 0 Å². The average molecular weight is 401 g/mol. The van der Waals surface area contributed by atoms with E-state index in [-0.39, 0.29) is 11.3 Å². The van der Waals surface area contributed by atoms with Gasteiger partial charge in [0.05, 0.1) is 5.69 Å². The van der Waals surface area contributed by atoms with Crippen molar-refractivity contribution in [1.29, 1.82) is 0 Å². The Bertz CT molecular complexity index is 1010. The van der Waals surface area contributed by atoms with Gasteiger partial charge >= 0.3 is 0 Å². The summed E-state index contributed by atoms with van der Waals surface area (Å²) in [5.41, 5.74) is 4.37. The van der Waals surface area contributed by atoms with Crippen LogP contribution in [0.2, 0.25) is 0 Å². The van der Waals surface area contributed by atoms with Crippen molar-refractivity contribution in [2.45, 2.75) is 39.0 Å². The Balaban J connectivity index is 1.47. The molecule has 0 atom stereocenters. The maximum Gasteiger partial charge on any atom is 0.255 e. The SMILES string of the molecule is CC(C)(C)c1ccc(C(=O)Nc2cccc(-c3ccc(N4CCCC4)nn3)c2)cc1. The van der Waals surface area contributed by atoms with Crippen LogP contribution in [0.1, 0.15) is 49.5 Å². The van der Waals surface area contributed by atoms with E-state index in [9.17, 15) is 4.79 Å². The van der Waals surface area contributed by atoms with Gasteiger partial charge in [0.1, 0.15) is 0 Å². The number of aromatic nitrogens is 2. The van der Waals surface area contributed by atoms with Gasteiger partial charge in [-0.1, -0.05) is 45.0 Å². The quantitative estimate of drug-likeness (QED) is 0.646. The number of amides is 1. The Kier molecular flexibility index (Phi) is 5.53. The van der Waals surface area contributed by atoms with E-state index >= 15 is 0 Å². The van der Waals surface area contributed by atoms with Crippen LogP contribution in [0.4, 0.5) is 11.5 Å². The van der Waals surface area contributed by atoms with Gasteiger partial charge in [0, 0.05) is 29.9 Å². The molecule has 1 aromatic heterocycles. The van der Waals surface area contributed by atoms with Crippen LogP contribution in [0.3, 0.4) is 0 Å². The molecule has 1 aliphatic heterocycles. The number of rotatable bonds is 4. The van der Waals surface area contributed by atoms with E-state index in [1.54, 1.807) is 0 Å². The standard InChI is InChI=1S/C25H28N4O/c1-25(2,3)20-11-9-18(10-12-20)24(30)26-21-8-6-7-19(17-21)22-13-14-23(28-27-22)29-15-4-5-16-29/h6-14,17H,4-5,15-16H2,1-3H3,(H,26,30). The molecule has 1 aliphatic rings. The predicted molar refractivity (Wildman–Crippen MR) is 122 cm³/mol. The normalized spacial score (nSPS) is 14.0. The average Bonchev–Trinajstić information content (AvgIpc) is 3.28. The highest BCUT2D eigenvalue weighted by molar-refractivity contribution is 6.04. The first-order chi connectivity index (χ1) is 14.4. The molecule has 3 aromatic rings. The summed E-state index contributed by atoms with van der Waals surface area (Å²) < 4.78 is 0. The highest BCUT2D eigenvalue weighted by Crippen LogP contribution is 2.25. The van der Waals surface area contributed by atoms with Crippen LogP contribution < -0.4 is 10.2 Å². The monoisotopic (exact) mass is 400 g/mol. The van der Waals surface area contributed by atoms with E-state index in [0.29, 0.717) is 5.56 Å². The topological polar surface area (TPSA) is 58.1 Å². The Labute approximate surface area is 178 Å². The van der Waals surface area contributed by atoms with Crippen molar-refractivity contribution in [2.75, 3.05) is 23.3 Å². The first kappa shape index (κ1) is 20.1. The van der Waals surface area contributed by atoms with E-state index in [1.807, 2.05) is 60.7 Å². The molecule has 30 heavy (non-hydrogen) atoms. The summed E-state index contributed by atoms with van der Waals surface area (Å²) in [6.45, 7) is 8.58. The van der Waals surface area contributed by atoms with Gasteiger partial charge in [-0.05, 0) is 60.2 Å². The Morgan fingerprint density at radius 3 is 2.30 bits per heavy atom. The first-order valence-corrected chi connectivity index (χ1v) is 10.5. The molecule has 5 nitrogen and oxygen atoms in total. The summed E-state index contributed by atoms with van der Waals surface area (Å²) in [5, 5.41) is 11.8. The number of anilines is 2. The van der Waals surface area contributed by atoms with Gasteiger partial charge in [0.15, 0.2) is 5.82 Å². The van der Waals surface area contributed by atoms with Crippen molar-refractivity contribution in [1.82, 2.24) is 10.2 Å². The summed E-state index contributed by atoms with van der Waals surface area (Å²) in [4.78, 5) is 14.9. The smallest absolute Gasteiger partial charge is 0.255 e. The number of hydrogen-bond acceptors (Lipinski definition) is 4. The van der Waals surface area contributed by atoms with Gasteiger partial charge < -0.3 is 10.2 Å². The lowest BCUT2D eigenvalue weighted by atomic mass is 9.87. The van der Waals surface area contributed by atoms with Crippen LogP contribution in [0, 0.1) is 0 Å². The highest BCUT2D eigenvalue weighted by Gasteiger charge is 2.15. The fraction of sp³-hybridized carbons (Fsp3) is 0.320. The van der Waals surface area contributed by atoms with Crippen LogP contribution in [0.25, 0.3) is 11.3 Å². The highest BCUT2D eigenvalue weighted by atomic mass is 16.1. The van der Waals surface area contributed by atoms with Crippen LogP contribution >= 0.6 is 0 Å². The number of benzene rings is 2. The molecule has 1 fully saturated rings. The third kappa shape index (κ3) is 4.51. The lowest BCUT2D eigenvalue weighted by molar-refractivity contribution is 0.102. The molecule has 2 heterocycles. The van der Waals surface area contributed by atoms with Crippen LogP contribution in [0.5, 0.6) is 0 Å². The third-order valence-electron chi connectivity index (χ3n) is 5.51. The third-order valence-corrected chi connectivity index (χ3v) is 5.51. The van der Waals surface area contributed by atoms with E-state index in [0.717, 1.165) is 35.9 Å². The maximum atomic E-state index is 12.7. The van der Waals surface area contributed by atoms with Crippen molar-refractivity contribution < 1.29 is 4.79 Å². The summed E-state index contributed by atoms with van der Waals surface area (Å²) in [5.74, 6) is 0.808. The molecule has 0 saturated carbocycles. The first-order valence-electron chi connectivity index (χ1n) is 10.5. The number of nitrogens with one attached hydrogen (secondary N) is 1. The zero-order valence-electron chi connectivity index (χ0n) is 17.9. The molecule has 154 valence electrons. The molecule has 1 saturated heterocycles.